The number of nitro benzene ring substituents is 1. The summed E-state index contributed by atoms with van der Waals surface area (Å²) in [7, 11) is 0. The third kappa shape index (κ3) is 4.75. The van der Waals surface area contributed by atoms with E-state index in [2.05, 4.69) is 11.4 Å². The maximum absolute atomic E-state index is 11.0. The van der Waals surface area contributed by atoms with Gasteiger partial charge in [-0.25, -0.2) is 0 Å². The molecule has 1 aromatic heterocycles. The molecule has 0 aliphatic heterocycles. The van der Waals surface area contributed by atoms with Crippen LogP contribution >= 0.6 is 11.3 Å². The van der Waals surface area contributed by atoms with Crippen LogP contribution in [0.2, 0.25) is 0 Å². The van der Waals surface area contributed by atoms with Crippen molar-refractivity contribution in [2.45, 2.75) is 19.8 Å². The molecule has 0 bridgehead atoms. The first kappa shape index (κ1) is 15.3. The Balaban J connectivity index is 2.02. The third-order valence-corrected chi connectivity index (χ3v) is 3.79. The molecule has 0 aliphatic rings. The first-order valence-corrected chi connectivity index (χ1v) is 7.75. The largest absolute Gasteiger partial charge is 0.493 e. The van der Waals surface area contributed by atoms with E-state index in [-0.39, 0.29) is 5.69 Å². The number of rotatable bonds is 8. The lowest BCUT2D eigenvalue weighted by molar-refractivity contribution is -0.384. The van der Waals surface area contributed by atoms with Crippen molar-refractivity contribution >= 4 is 22.7 Å². The standard InChI is InChI=1S/C15H18N2O3S/c1-2-7-20-14-10-12(9-13(11-14)17(18)19)16-6-5-15-4-3-8-21-15/h3-4,8-11,16H,2,5-7H2,1H3. The quantitative estimate of drug-likeness (QED) is 0.589. The molecular weight excluding hydrogens is 288 g/mol. The second-order valence-corrected chi connectivity index (χ2v) is 5.61. The SMILES string of the molecule is CCCOc1cc(NCCc2cccs2)cc([N+](=O)[O-])c1. The van der Waals surface area contributed by atoms with Gasteiger partial charge in [0.1, 0.15) is 5.75 Å². The van der Waals surface area contributed by atoms with Crippen molar-refractivity contribution < 1.29 is 9.66 Å². The lowest BCUT2D eigenvalue weighted by Crippen LogP contribution is -2.05. The molecule has 0 unspecified atom stereocenters. The number of hydrogen-bond donors (Lipinski definition) is 1. The second-order valence-electron chi connectivity index (χ2n) is 4.58. The lowest BCUT2D eigenvalue weighted by Gasteiger charge is -2.09. The Bertz CT molecular complexity index is 585. The predicted octanol–water partition coefficient (Wildman–Crippen LogP) is 4.10. The highest BCUT2D eigenvalue weighted by atomic mass is 32.1. The number of nitrogens with zero attached hydrogens (tertiary/aromatic N) is 1. The number of nitro groups is 1. The highest BCUT2D eigenvalue weighted by Crippen LogP contribution is 2.26. The fraction of sp³-hybridized carbons (Fsp3) is 0.333. The smallest absolute Gasteiger partial charge is 0.275 e. The van der Waals surface area contributed by atoms with Crippen LogP contribution in [0.1, 0.15) is 18.2 Å². The molecule has 0 saturated carbocycles. The Morgan fingerprint density at radius 2 is 2.24 bits per heavy atom. The van der Waals surface area contributed by atoms with Crippen molar-refractivity contribution in [3.63, 3.8) is 0 Å². The fourth-order valence-corrected chi connectivity index (χ4v) is 2.59. The minimum atomic E-state index is -0.400. The summed E-state index contributed by atoms with van der Waals surface area (Å²) in [5.74, 6) is 0.532. The molecule has 0 radical (unpaired) electrons. The molecule has 1 N–H and O–H groups in total. The summed E-state index contributed by atoms with van der Waals surface area (Å²) in [6, 6.07) is 8.89. The second kappa shape index (κ2) is 7.64. The van der Waals surface area contributed by atoms with Crippen molar-refractivity contribution in [3.8, 4) is 5.75 Å². The number of nitrogens with one attached hydrogen (secondary N) is 1. The zero-order valence-electron chi connectivity index (χ0n) is 11.9. The van der Waals surface area contributed by atoms with Crippen molar-refractivity contribution in [1.29, 1.82) is 0 Å². The first-order chi connectivity index (χ1) is 10.2. The molecule has 2 aromatic rings. The fourth-order valence-electron chi connectivity index (χ4n) is 1.88. The van der Waals surface area contributed by atoms with Gasteiger partial charge in [-0.2, -0.15) is 0 Å². The third-order valence-electron chi connectivity index (χ3n) is 2.86. The van der Waals surface area contributed by atoms with Gasteiger partial charge in [0, 0.05) is 29.2 Å². The number of anilines is 1. The molecule has 6 heteroatoms. The Kier molecular flexibility index (Phi) is 5.57. The minimum absolute atomic E-state index is 0.0437. The molecule has 0 aliphatic carbocycles. The van der Waals surface area contributed by atoms with Crippen molar-refractivity contribution in [3.05, 3.63) is 50.7 Å². The lowest BCUT2D eigenvalue weighted by atomic mass is 10.2. The molecule has 5 nitrogen and oxygen atoms in total. The monoisotopic (exact) mass is 306 g/mol. The summed E-state index contributed by atoms with van der Waals surface area (Å²) < 4.78 is 5.50. The topological polar surface area (TPSA) is 64.4 Å². The molecule has 21 heavy (non-hydrogen) atoms. The number of non-ortho nitro benzene ring substituents is 1. The van der Waals surface area contributed by atoms with Gasteiger partial charge in [0.25, 0.3) is 5.69 Å². The number of thiophene rings is 1. The minimum Gasteiger partial charge on any atom is -0.493 e. The summed E-state index contributed by atoms with van der Waals surface area (Å²) >= 11 is 1.71. The molecular formula is C15H18N2O3S. The molecule has 0 saturated heterocycles. The summed E-state index contributed by atoms with van der Waals surface area (Å²) in [5.41, 5.74) is 0.758. The number of hydrogen-bond acceptors (Lipinski definition) is 5. The van der Waals surface area contributed by atoms with Gasteiger partial charge in [0.05, 0.1) is 17.6 Å². The van der Waals surface area contributed by atoms with Gasteiger partial charge in [0.15, 0.2) is 0 Å². The maximum atomic E-state index is 11.0. The average molecular weight is 306 g/mol. The van der Waals surface area contributed by atoms with E-state index in [0.29, 0.717) is 18.0 Å². The maximum Gasteiger partial charge on any atom is 0.275 e. The van der Waals surface area contributed by atoms with Gasteiger partial charge in [-0.05, 0) is 24.3 Å². The zero-order chi connectivity index (χ0) is 15.1. The van der Waals surface area contributed by atoms with E-state index in [1.54, 1.807) is 17.4 Å². The Hall–Kier alpha value is -2.08. The molecule has 0 spiro atoms. The number of ether oxygens (including phenoxy) is 1. The molecule has 0 fully saturated rings. The van der Waals surface area contributed by atoms with Crippen LogP contribution in [0.3, 0.4) is 0 Å². The Morgan fingerprint density at radius 1 is 1.38 bits per heavy atom. The van der Waals surface area contributed by atoms with E-state index < -0.39 is 4.92 Å². The average Bonchev–Trinajstić information content (AvgIpc) is 2.98. The molecule has 2 rings (SSSR count). The Morgan fingerprint density at radius 3 is 2.90 bits per heavy atom. The highest BCUT2D eigenvalue weighted by molar-refractivity contribution is 7.09. The van der Waals surface area contributed by atoms with Gasteiger partial charge in [0.2, 0.25) is 0 Å². The van der Waals surface area contributed by atoms with E-state index >= 15 is 0 Å². The van der Waals surface area contributed by atoms with Crippen LogP contribution in [-0.2, 0) is 6.42 Å². The van der Waals surface area contributed by atoms with Crippen molar-refractivity contribution in [1.82, 2.24) is 0 Å². The van der Waals surface area contributed by atoms with Crippen LogP contribution in [0.5, 0.6) is 5.75 Å². The van der Waals surface area contributed by atoms with Gasteiger partial charge < -0.3 is 10.1 Å². The van der Waals surface area contributed by atoms with Gasteiger partial charge in [-0.3, -0.25) is 10.1 Å². The molecule has 112 valence electrons. The molecule has 0 atom stereocenters. The summed E-state index contributed by atoms with van der Waals surface area (Å²) in [6.07, 6.45) is 1.76. The first-order valence-electron chi connectivity index (χ1n) is 6.87. The van der Waals surface area contributed by atoms with Crippen LogP contribution in [0.15, 0.2) is 35.7 Å². The molecule has 1 heterocycles. The van der Waals surface area contributed by atoms with E-state index in [4.69, 9.17) is 4.74 Å². The summed E-state index contributed by atoms with van der Waals surface area (Å²) in [5, 5.41) is 16.2. The van der Waals surface area contributed by atoms with E-state index in [0.717, 1.165) is 19.4 Å². The summed E-state index contributed by atoms with van der Waals surface area (Å²) in [4.78, 5) is 11.9. The van der Waals surface area contributed by atoms with Crippen LogP contribution in [0.25, 0.3) is 0 Å². The highest BCUT2D eigenvalue weighted by Gasteiger charge is 2.10. The van der Waals surface area contributed by atoms with Gasteiger partial charge in [-0.15, -0.1) is 11.3 Å². The van der Waals surface area contributed by atoms with E-state index in [1.165, 1.54) is 17.0 Å². The van der Waals surface area contributed by atoms with E-state index in [1.807, 2.05) is 18.4 Å². The van der Waals surface area contributed by atoms with Crippen LogP contribution in [0.4, 0.5) is 11.4 Å². The molecule has 1 aromatic carbocycles. The van der Waals surface area contributed by atoms with Gasteiger partial charge in [-0.1, -0.05) is 13.0 Å². The van der Waals surface area contributed by atoms with Crippen LogP contribution < -0.4 is 10.1 Å². The zero-order valence-corrected chi connectivity index (χ0v) is 12.7. The van der Waals surface area contributed by atoms with Crippen molar-refractivity contribution in [2.75, 3.05) is 18.5 Å². The normalized spacial score (nSPS) is 10.3. The summed E-state index contributed by atoms with van der Waals surface area (Å²) in [6.45, 7) is 3.28. The predicted molar refractivity (Wildman–Crippen MR) is 85.4 cm³/mol. The van der Waals surface area contributed by atoms with Crippen molar-refractivity contribution in [2.24, 2.45) is 0 Å². The number of benzene rings is 1. The van der Waals surface area contributed by atoms with Gasteiger partial charge >= 0.3 is 0 Å². The van der Waals surface area contributed by atoms with Crippen LogP contribution in [-0.4, -0.2) is 18.1 Å². The molecule has 0 amide bonds. The van der Waals surface area contributed by atoms with E-state index in [9.17, 15) is 10.1 Å². The Labute approximate surface area is 127 Å². The van der Waals surface area contributed by atoms with Crippen LogP contribution in [0, 0.1) is 10.1 Å².